The van der Waals surface area contributed by atoms with E-state index >= 15 is 0 Å². The van der Waals surface area contributed by atoms with Crippen LogP contribution in [-0.4, -0.2) is 29.1 Å². The molecule has 0 heterocycles. The third-order valence-corrected chi connectivity index (χ3v) is 3.83. The zero-order chi connectivity index (χ0) is 17.5. The fraction of sp³-hybridized carbons (Fsp3) is 0.316. The third-order valence-electron chi connectivity index (χ3n) is 3.59. The molecule has 2 aromatic rings. The minimum Gasteiger partial charge on any atom is -0.480 e. The van der Waals surface area contributed by atoms with Crippen LogP contribution in [0.15, 0.2) is 42.5 Å². The lowest BCUT2D eigenvalue weighted by Crippen LogP contribution is -2.30. The van der Waals surface area contributed by atoms with E-state index in [4.69, 9.17) is 21.4 Å². The zero-order valence-corrected chi connectivity index (χ0v) is 14.7. The van der Waals surface area contributed by atoms with Crippen molar-refractivity contribution in [2.75, 3.05) is 13.1 Å². The zero-order valence-electron chi connectivity index (χ0n) is 14.0. The second-order valence-electron chi connectivity index (χ2n) is 5.76. The number of aliphatic carboxylic acids is 1. The highest BCUT2D eigenvalue weighted by atomic mass is 35.5. The number of carbonyl (C=O) groups is 1. The van der Waals surface area contributed by atoms with Crippen LogP contribution < -0.4 is 4.74 Å². The lowest BCUT2D eigenvalue weighted by atomic mass is 10.2. The van der Waals surface area contributed by atoms with Crippen LogP contribution in [-0.2, 0) is 11.3 Å². The molecule has 5 heteroatoms. The molecule has 0 bridgehead atoms. The number of aryl methyl sites for hydroxylation is 1. The maximum absolute atomic E-state index is 10.9. The van der Waals surface area contributed by atoms with E-state index in [0.29, 0.717) is 11.6 Å². The summed E-state index contributed by atoms with van der Waals surface area (Å²) in [6.45, 7) is 5.41. The Bertz CT molecular complexity index is 686. The van der Waals surface area contributed by atoms with E-state index < -0.39 is 5.97 Å². The lowest BCUT2D eigenvalue weighted by Gasteiger charge is -2.19. The van der Waals surface area contributed by atoms with Crippen LogP contribution >= 0.6 is 11.6 Å². The van der Waals surface area contributed by atoms with Crippen molar-refractivity contribution in [1.82, 2.24) is 4.90 Å². The fourth-order valence-corrected chi connectivity index (χ4v) is 2.72. The first-order chi connectivity index (χ1) is 11.5. The Morgan fingerprint density at radius 1 is 1.21 bits per heavy atom. The van der Waals surface area contributed by atoms with E-state index in [0.717, 1.165) is 35.6 Å². The normalized spacial score (nSPS) is 10.8. The van der Waals surface area contributed by atoms with E-state index in [1.165, 1.54) is 0 Å². The fourth-order valence-electron chi connectivity index (χ4n) is 2.50. The molecule has 2 rings (SSSR count). The molecule has 128 valence electrons. The summed E-state index contributed by atoms with van der Waals surface area (Å²) in [7, 11) is 0. The molecule has 0 aliphatic heterocycles. The molecular formula is C19H22ClNO3. The van der Waals surface area contributed by atoms with Crippen molar-refractivity contribution in [1.29, 1.82) is 0 Å². The van der Waals surface area contributed by atoms with Gasteiger partial charge in [0, 0.05) is 11.6 Å². The van der Waals surface area contributed by atoms with Gasteiger partial charge in [0.1, 0.15) is 11.5 Å². The number of carboxylic acid groups (broad SMARTS) is 1. The number of benzene rings is 2. The molecule has 0 fully saturated rings. The summed E-state index contributed by atoms with van der Waals surface area (Å²) < 4.78 is 5.87. The predicted octanol–water partition coefficient (Wildman–Crippen LogP) is 4.74. The van der Waals surface area contributed by atoms with Gasteiger partial charge in [-0.3, -0.25) is 9.69 Å². The molecule has 2 aromatic carbocycles. The van der Waals surface area contributed by atoms with Crippen LogP contribution in [0, 0.1) is 6.92 Å². The number of hydrogen-bond donors (Lipinski definition) is 1. The summed E-state index contributed by atoms with van der Waals surface area (Å²) in [5, 5.41) is 9.66. The van der Waals surface area contributed by atoms with Crippen molar-refractivity contribution in [2.24, 2.45) is 0 Å². The van der Waals surface area contributed by atoms with E-state index in [2.05, 4.69) is 0 Å². The minimum absolute atomic E-state index is 0.0516. The predicted molar refractivity (Wildman–Crippen MR) is 95.9 cm³/mol. The van der Waals surface area contributed by atoms with E-state index in [9.17, 15) is 4.79 Å². The molecule has 0 saturated heterocycles. The number of ether oxygens (including phenoxy) is 1. The Morgan fingerprint density at radius 2 is 1.92 bits per heavy atom. The monoisotopic (exact) mass is 347 g/mol. The van der Waals surface area contributed by atoms with Crippen LogP contribution in [0.1, 0.15) is 24.5 Å². The van der Waals surface area contributed by atoms with Gasteiger partial charge in [-0.25, -0.2) is 0 Å². The number of hydrogen-bond acceptors (Lipinski definition) is 3. The first-order valence-corrected chi connectivity index (χ1v) is 8.33. The van der Waals surface area contributed by atoms with Crippen molar-refractivity contribution < 1.29 is 14.6 Å². The molecule has 0 aromatic heterocycles. The van der Waals surface area contributed by atoms with Crippen LogP contribution in [0.2, 0.25) is 5.02 Å². The molecule has 0 unspecified atom stereocenters. The van der Waals surface area contributed by atoms with Gasteiger partial charge in [0.2, 0.25) is 0 Å². The van der Waals surface area contributed by atoms with E-state index in [1.807, 2.05) is 55.1 Å². The van der Waals surface area contributed by atoms with Crippen molar-refractivity contribution in [2.45, 2.75) is 26.8 Å². The maximum atomic E-state index is 10.9. The van der Waals surface area contributed by atoms with Gasteiger partial charge in [0.15, 0.2) is 0 Å². The molecule has 0 aliphatic carbocycles. The van der Waals surface area contributed by atoms with Crippen LogP contribution in [0.3, 0.4) is 0 Å². The lowest BCUT2D eigenvalue weighted by molar-refractivity contribution is -0.138. The molecule has 4 nitrogen and oxygen atoms in total. The smallest absolute Gasteiger partial charge is 0.317 e. The molecule has 0 amide bonds. The Morgan fingerprint density at radius 3 is 2.50 bits per heavy atom. The second-order valence-corrected chi connectivity index (χ2v) is 6.20. The average Bonchev–Trinajstić information content (AvgIpc) is 2.51. The van der Waals surface area contributed by atoms with Crippen LogP contribution in [0.25, 0.3) is 0 Å². The third kappa shape index (κ3) is 5.55. The summed E-state index contributed by atoms with van der Waals surface area (Å²) in [6, 6.07) is 13.2. The molecular weight excluding hydrogens is 326 g/mol. The van der Waals surface area contributed by atoms with Gasteiger partial charge in [0.25, 0.3) is 0 Å². The second kappa shape index (κ2) is 8.71. The highest BCUT2D eigenvalue weighted by Gasteiger charge is 2.10. The highest BCUT2D eigenvalue weighted by Crippen LogP contribution is 2.27. The quantitative estimate of drug-likeness (QED) is 0.749. The molecule has 0 atom stereocenters. The topological polar surface area (TPSA) is 49.8 Å². The van der Waals surface area contributed by atoms with Crippen LogP contribution in [0.4, 0.5) is 0 Å². The van der Waals surface area contributed by atoms with Gasteiger partial charge in [-0.1, -0.05) is 30.7 Å². The number of carboxylic acids is 1. The average molecular weight is 348 g/mol. The summed E-state index contributed by atoms with van der Waals surface area (Å²) in [5.41, 5.74) is 2.03. The van der Waals surface area contributed by atoms with E-state index in [1.54, 1.807) is 6.07 Å². The highest BCUT2D eigenvalue weighted by molar-refractivity contribution is 6.30. The molecule has 0 aliphatic rings. The molecule has 0 spiro atoms. The van der Waals surface area contributed by atoms with Gasteiger partial charge in [-0.15, -0.1) is 0 Å². The standard InChI is InChI=1S/C19H22ClNO3/c1-3-10-21(13-19(22)23)12-15-4-7-17(8-5-15)24-18-9-6-16(20)11-14(18)2/h4-9,11H,3,10,12-13H2,1-2H3,(H,22,23). The Kier molecular flexibility index (Phi) is 6.64. The SMILES string of the molecule is CCCN(CC(=O)O)Cc1ccc(Oc2ccc(Cl)cc2C)cc1. The molecule has 1 N–H and O–H groups in total. The van der Waals surface area contributed by atoms with Gasteiger partial charge < -0.3 is 9.84 Å². The van der Waals surface area contributed by atoms with Gasteiger partial charge in [0.05, 0.1) is 6.54 Å². The summed E-state index contributed by atoms with van der Waals surface area (Å²) in [5.74, 6) is 0.705. The van der Waals surface area contributed by atoms with E-state index in [-0.39, 0.29) is 6.54 Å². The molecule has 0 saturated carbocycles. The van der Waals surface area contributed by atoms with Gasteiger partial charge in [-0.05, 0) is 61.3 Å². The molecule has 24 heavy (non-hydrogen) atoms. The van der Waals surface area contributed by atoms with Crippen molar-refractivity contribution in [3.8, 4) is 11.5 Å². The summed E-state index contributed by atoms with van der Waals surface area (Å²) in [6.07, 6.45) is 0.921. The molecule has 0 radical (unpaired) electrons. The Hall–Kier alpha value is -2.04. The number of nitrogens with zero attached hydrogens (tertiary/aromatic N) is 1. The van der Waals surface area contributed by atoms with Gasteiger partial charge >= 0.3 is 5.97 Å². The van der Waals surface area contributed by atoms with Crippen molar-refractivity contribution >= 4 is 17.6 Å². The minimum atomic E-state index is -0.804. The number of rotatable bonds is 8. The van der Waals surface area contributed by atoms with Crippen LogP contribution in [0.5, 0.6) is 11.5 Å². The number of halogens is 1. The van der Waals surface area contributed by atoms with Crippen molar-refractivity contribution in [3.63, 3.8) is 0 Å². The van der Waals surface area contributed by atoms with Gasteiger partial charge in [-0.2, -0.15) is 0 Å². The summed E-state index contributed by atoms with van der Waals surface area (Å²) >= 11 is 5.95. The summed E-state index contributed by atoms with van der Waals surface area (Å²) in [4.78, 5) is 12.8. The first-order valence-electron chi connectivity index (χ1n) is 7.95. The van der Waals surface area contributed by atoms with Crippen molar-refractivity contribution in [3.05, 3.63) is 58.6 Å². The first kappa shape index (κ1) is 18.3. The Labute approximate surface area is 147 Å². The Balaban J connectivity index is 2.02. The largest absolute Gasteiger partial charge is 0.480 e. The maximum Gasteiger partial charge on any atom is 0.317 e.